The summed E-state index contributed by atoms with van der Waals surface area (Å²) in [5.41, 5.74) is 0.997. The summed E-state index contributed by atoms with van der Waals surface area (Å²) in [6.07, 6.45) is 2.63. The maximum absolute atomic E-state index is 10.9. The van der Waals surface area contributed by atoms with E-state index in [9.17, 15) is 4.21 Å². The number of anilines is 1. The van der Waals surface area contributed by atoms with Gasteiger partial charge in [-0.05, 0) is 24.6 Å². The van der Waals surface area contributed by atoms with E-state index in [1.165, 1.54) is 0 Å². The molecule has 0 saturated carbocycles. The molecule has 2 rings (SSSR count). The summed E-state index contributed by atoms with van der Waals surface area (Å²) in [5.74, 6) is 1.62. The quantitative estimate of drug-likeness (QED) is 0.826. The molecule has 0 saturated heterocycles. The topological polar surface area (TPSA) is 42.0 Å². The van der Waals surface area contributed by atoms with E-state index in [1.54, 1.807) is 6.26 Å². The van der Waals surface area contributed by atoms with Gasteiger partial charge in [0.2, 0.25) is 0 Å². The number of aromatic nitrogens is 1. The molecule has 1 aromatic heterocycles. The predicted molar refractivity (Wildman–Crippen MR) is 73.8 cm³/mol. The van der Waals surface area contributed by atoms with Gasteiger partial charge in [0, 0.05) is 34.7 Å². The van der Waals surface area contributed by atoms with E-state index in [-0.39, 0.29) is 0 Å². The largest absolute Gasteiger partial charge is 0.370 e. The second-order valence-corrected chi connectivity index (χ2v) is 5.50. The van der Waals surface area contributed by atoms with E-state index in [2.05, 4.69) is 16.4 Å². The Morgan fingerprint density at radius 1 is 1.24 bits per heavy atom. The molecule has 0 radical (unpaired) electrons. The van der Waals surface area contributed by atoms with Crippen LogP contribution in [-0.4, -0.2) is 27.7 Å². The maximum atomic E-state index is 10.9. The van der Waals surface area contributed by atoms with Crippen LogP contribution >= 0.6 is 0 Å². The number of hydrogen-bond acceptors (Lipinski definition) is 3. The zero-order valence-electron chi connectivity index (χ0n) is 9.85. The van der Waals surface area contributed by atoms with Crippen LogP contribution in [-0.2, 0) is 10.8 Å². The molecule has 0 amide bonds. The van der Waals surface area contributed by atoms with Gasteiger partial charge < -0.3 is 5.32 Å². The summed E-state index contributed by atoms with van der Waals surface area (Å²) in [7, 11) is -0.706. The first-order chi connectivity index (χ1) is 8.25. The summed E-state index contributed by atoms with van der Waals surface area (Å²) >= 11 is 0. The number of fused-ring (bicyclic) bond motifs is 1. The number of pyridine rings is 1. The van der Waals surface area contributed by atoms with Gasteiger partial charge in [0.1, 0.15) is 5.82 Å². The Hall–Kier alpha value is -1.42. The Labute approximate surface area is 104 Å². The van der Waals surface area contributed by atoms with Crippen LogP contribution in [0.1, 0.15) is 6.42 Å². The van der Waals surface area contributed by atoms with Crippen molar-refractivity contribution in [2.24, 2.45) is 0 Å². The fourth-order valence-electron chi connectivity index (χ4n) is 1.66. The predicted octanol–water partition coefficient (Wildman–Crippen LogP) is 2.42. The van der Waals surface area contributed by atoms with Gasteiger partial charge in [0.15, 0.2) is 0 Å². The lowest BCUT2D eigenvalue weighted by molar-refractivity contribution is 0.685. The van der Waals surface area contributed by atoms with Gasteiger partial charge in [-0.1, -0.05) is 18.2 Å². The van der Waals surface area contributed by atoms with Crippen LogP contribution < -0.4 is 5.32 Å². The van der Waals surface area contributed by atoms with E-state index in [0.29, 0.717) is 0 Å². The van der Waals surface area contributed by atoms with Gasteiger partial charge in [-0.15, -0.1) is 0 Å². The highest BCUT2D eigenvalue weighted by atomic mass is 32.2. The molecule has 0 aliphatic rings. The highest BCUT2D eigenvalue weighted by molar-refractivity contribution is 7.84. The third-order valence-corrected chi connectivity index (χ3v) is 3.38. The van der Waals surface area contributed by atoms with Crippen LogP contribution in [0.4, 0.5) is 5.82 Å². The van der Waals surface area contributed by atoms with E-state index in [0.717, 1.165) is 35.4 Å². The van der Waals surface area contributed by atoms with E-state index >= 15 is 0 Å². The molecular weight excluding hydrogens is 232 g/mol. The third-order valence-electron chi connectivity index (χ3n) is 2.51. The first-order valence-electron chi connectivity index (χ1n) is 5.65. The van der Waals surface area contributed by atoms with Crippen molar-refractivity contribution in [2.45, 2.75) is 6.42 Å². The molecule has 90 valence electrons. The summed E-state index contributed by atoms with van der Waals surface area (Å²) in [6.45, 7) is 0.810. The molecule has 0 bridgehead atoms. The molecule has 0 spiro atoms. The van der Waals surface area contributed by atoms with Crippen LogP contribution in [0.2, 0.25) is 0 Å². The van der Waals surface area contributed by atoms with Gasteiger partial charge in [0.25, 0.3) is 0 Å². The highest BCUT2D eigenvalue weighted by Gasteiger charge is 1.97. The summed E-state index contributed by atoms with van der Waals surface area (Å²) < 4.78 is 10.9. The molecule has 17 heavy (non-hydrogen) atoms. The maximum Gasteiger partial charge on any atom is 0.126 e. The standard InChI is InChI=1S/C13H16N2OS/c1-17(16)10-4-9-14-13-8-7-11-5-2-3-6-12(11)15-13/h2-3,5-8H,4,9-10H2,1H3,(H,14,15). The summed E-state index contributed by atoms with van der Waals surface area (Å²) in [5, 5.41) is 4.39. The lowest BCUT2D eigenvalue weighted by Crippen LogP contribution is -2.07. The Morgan fingerprint density at radius 2 is 2.06 bits per heavy atom. The number of hydrogen-bond donors (Lipinski definition) is 1. The molecule has 0 fully saturated rings. The van der Waals surface area contributed by atoms with Crippen molar-refractivity contribution >= 4 is 27.5 Å². The van der Waals surface area contributed by atoms with Gasteiger partial charge in [-0.25, -0.2) is 4.98 Å². The van der Waals surface area contributed by atoms with Crippen LogP contribution in [0.5, 0.6) is 0 Å². The molecule has 4 heteroatoms. The lowest BCUT2D eigenvalue weighted by Gasteiger charge is -2.05. The van der Waals surface area contributed by atoms with Gasteiger partial charge in [0.05, 0.1) is 5.52 Å². The first-order valence-corrected chi connectivity index (χ1v) is 7.38. The van der Waals surface area contributed by atoms with Crippen molar-refractivity contribution in [3.63, 3.8) is 0 Å². The summed E-state index contributed by atoms with van der Waals surface area (Å²) in [6, 6.07) is 12.1. The van der Waals surface area contributed by atoms with E-state index in [4.69, 9.17) is 0 Å². The molecule has 1 N–H and O–H groups in total. The molecule has 0 aliphatic carbocycles. The number of nitrogens with one attached hydrogen (secondary N) is 1. The van der Waals surface area contributed by atoms with Crippen molar-refractivity contribution in [1.82, 2.24) is 4.98 Å². The Kier molecular flexibility index (Phi) is 4.09. The molecule has 0 aliphatic heterocycles. The van der Waals surface area contributed by atoms with E-state index in [1.807, 2.05) is 30.3 Å². The number of benzene rings is 1. The third kappa shape index (κ3) is 3.53. The van der Waals surface area contributed by atoms with Crippen molar-refractivity contribution in [3.05, 3.63) is 36.4 Å². The van der Waals surface area contributed by atoms with Crippen molar-refractivity contribution in [3.8, 4) is 0 Å². The van der Waals surface area contributed by atoms with Gasteiger partial charge in [-0.3, -0.25) is 4.21 Å². The lowest BCUT2D eigenvalue weighted by atomic mass is 10.2. The van der Waals surface area contributed by atoms with Crippen LogP contribution in [0.3, 0.4) is 0 Å². The van der Waals surface area contributed by atoms with Crippen molar-refractivity contribution < 1.29 is 4.21 Å². The molecule has 1 unspecified atom stereocenters. The van der Waals surface area contributed by atoms with Crippen molar-refractivity contribution in [1.29, 1.82) is 0 Å². The second kappa shape index (κ2) is 5.77. The molecule has 2 aromatic rings. The smallest absolute Gasteiger partial charge is 0.126 e. The average Bonchev–Trinajstić information content (AvgIpc) is 2.34. The highest BCUT2D eigenvalue weighted by Crippen LogP contribution is 2.14. The first kappa shape index (κ1) is 12.0. The van der Waals surface area contributed by atoms with Crippen molar-refractivity contribution in [2.75, 3.05) is 23.9 Å². The van der Waals surface area contributed by atoms with Gasteiger partial charge in [-0.2, -0.15) is 0 Å². The zero-order chi connectivity index (χ0) is 12.1. The normalized spacial score (nSPS) is 12.5. The molecule has 1 atom stereocenters. The fourth-order valence-corrected chi connectivity index (χ4v) is 2.21. The molecular formula is C13H16N2OS. The van der Waals surface area contributed by atoms with Crippen LogP contribution in [0.15, 0.2) is 36.4 Å². The zero-order valence-corrected chi connectivity index (χ0v) is 10.7. The minimum Gasteiger partial charge on any atom is -0.370 e. The number of para-hydroxylation sites is 1. The minimum absolute atomic E-state index is 0.706. The van der Waals surface area contributed by atoms with E-state index < -0.39 is 10.8 Å². The molecule has 1 aromatic carbocycles. The number of nitrogens with zero attached hydrogens (tertiary/aromatic N) is 1. The monoisotopic (exact) mass is 248 g/mol. The number of rotatable bonds is 5. The molecule has 3 nitrogen and oxygen atoms in total. The Morgan fingerprint density at radius 3 is 2.88 bits per heavy atom. The Bertz CT molecular complexity index is 528. The van der Waals surface area contributed by atoms with Crippen LogP contribution in [0, 0.1) is 0 Å². The molecule has 1 heterocycles. The van der Waals surface area contributed by atoms with Gasteiger partial charge >= 0.3 is 0 Å². The summed E-state index contributed by atoms with van der Waals surface area (Å²) in [4.78, 5) is 4.50. The fraction of sp³-hybridized carbons (Fsp3) is 0.308. The average molecular weight is 248 g/mol. The van der Waals surface area contributed by atoms with Crippen LogP contribution in [0.25, 0.3) is 10.9 Å². The second-order valence-electron chi connectivity index (χ2n) is 3.95. The SMILES string of the molecule is CS(=O)CCCNc1ccc2ccccc2n1. The minimum atomic E-state index is -0.706. The Balaban J connectivity index is 1.97.